The molecule has 0 fully saturated rings. The van der Waals surface area contributed by atoms with Crippen LogP contribution in [0.25, 0.3) is 16.2 Å². The Morgan fingerprint density at radius 1 is 1.40 bits per heavy atom. The molecular formula is C14H12N2O3S. The molecule has 2 heterocycles. The second-order valence-corrected chi connectivity index (χ2v) is 5.13. The van der Waals surface area contributed by atoms with E-state index < -0.39 is 5.97 Å². The van der Waals surface area contributed by atoms with E-state index >= 15 is 0 Å². The third kappa shape index (κ3) is 2.14. The van der Waals surface area contributed by atoms with Crippen LogP contribution >= 0.6 is 11.3 Å². The molecule has 102 valence electrons. The highest BCUT2D eigenvalue weighted by Gasteiger charge is 2.17. The molecule has 0 amide bonds. The lowest BCUT2D eigenvalue weighted by Crippen LogP contribution is -2.04. The van der Waals surface area contributed by atoms with Gasteiger partial charge in [-0.15, -0.1) is 11.3 Å². The Balaban J connectivity index is 2.13. The first-order valence-electron chi connectivity index (χ1n) is 5.99. The van der Waals surface area contributed by atoms with Gasteiger partial charge in [0, 0.05) is 17.1 Å². The van der Waals surface area contributed by atoms with Crippen molar-refractivity contribution in [3.05, 3.63) is 41.5 Å². The number of fused-ring (bicyclic) bond motifs is 1. The van der Waals surface area contributed by atoms with Crippen LogP contribution < -0.4 is 4.74 Å². The van der Waals surface area contributed by atoms with E-state index in [1.807, 2.05) is 40.2 Å². The molecule has 0 aliphatic rings. The Kier molecular flexibility index (Phi) is 3.15. The van der Waals surface area contributed by atoms with E-state index in [1.165, 1.54) is 11.3 Å². The SMILES string of the molecule is COc1ccc(-c2nc3sccn3c2CC(=O)O)cc1. The predicted octanol–water partition coefficient (Wildman–Crippen LogP) is 2.70. The summed E-state index contributed by atoms with van der Waals surface area (Å²) < 4.78 is 6.96. The average Bonchev–Trinajstić information content (AvgIpc) is 3.01. The molecule has 6 heteroatoms. The summed E-state index contributed by atoms with van der Waals surface area (Å²) >= 11 is 1.49. The van der Waals surface area contributed by atoms with Gasteiger partial charge in [-0.2, -0.15) is 0 Å². The number of nitrogens with zero attached hydrogens (tertiary/aromatic N) is 2. The van der Waals surface area contributed by atoms with Crippen LogP contribution in [-0.4, -0.2) is 27.6 Å². The van der Waals surface area contributed by atoms with Crippen molar-refractivity contribution in [1.29, 1.82) is 0 Å². The van der Waals surface area contributed by atoms with Crippen LogP contribution in [0, 0.1) is 0 Å². The third-order valence-corrected chi connectivity index (χ3v) is 3.80. The van der Waals surface area contributed by atoms with Crippen molar-refractivity contribution in [3.8, 4) is 17.0 Å². The first-order valence-corrected chi connectivity index (χ1v) is 6.87. The minimum absolute atomic E-state index is 0.0563. The van der Waals surface area contributed by atoms with E-state index in [1.54, 1.807) is 7.11 Å². The molecule has 0 atom stereocenters. The molecule has 0 bridgehead atoms. The number of ether oxygens (including phenoxy) is 1. The monoisotopic (exact) mass is 288 g/mol. The van der Waals surface area contributed by atoms with Gasteiger partial charge in [0.25, 0.3) is 0 Å². The second kappa shape index (κ2) is 4.97. The number of carboxylic acids is 1. The van der Waals surface area contributed by atoms with Gasteiger partial charge in [0.1, 0.15) is 5.75 Å². The van der Waals surface area contributed by atoms with E-state index in [-0.39, 0.29) is 6.42 Å². The summed E-state index contributed by atoms with van der Waals surface area (Å²) in [5.74, 6) is -0.109. The average molecular weight is 288 g/mol. The maximum absolute atomic E-state index is 11.1. The van der Waals surface area contributed by atoms with Crippen molar-refractivity contribution in [1.82, 2.24) is 9.38 Å². The zero-order valence-electron chi connectivity index (χ0n) is 10.7. The van der Waals surface area contributed by atoms with E-state index in [0.29, 0.717) is 11.4 Å². The number of rotatable bonds is 4. The highest BCUT2D eigenvalue weighted by molar-refractivity contribution is 7.15. The standard InChI is InChI=1S/C14H12N2O3S/c1-19-10-4-2-9(3-5-10)13-11(8-12(17)18)16-6-7-20-14(16)15-13/h2-7H,8H2,1H3,(H,17,18). The van der Waals surface area contributed by atoms with Gasteiger partial charge < -0.3 is 9.84 Å². The first kappa shape index (κ1) is 12.7. The van der Waals surface area contributed by atoms with Crippen LogP contribution in [0.4, 0.5) is 0 Å². The maximum atomic E-state index is 11.1. The number of methoxy groups -OCH3 is 1. The molecule has 0 saturated heterocycles. The van der Waals surface area contributed by atoms with Gasteiger partial charge in [-0.05, 0) is 24.3 Å². The normalized spacial score (nSPS) is 10.8. The van der Waals surface area contributed by atoms with Crippen LogP contribution in [-0.2, 0) is 11.2 Å². The van der Waals surface area contributed by atoms with Gasteiger partial charge in [-0.25, -0.2) is 4.98 Å². The van der Waals surface area contributed by atoms with Crippen LogP contribution in [0.2, 0.25) is 0 Å². The third-order valence-electron chi connectivity index (χ3n) is 3.04. The van der Waals surface area contributed by atoms with Crippen molar-refractivity contribution in [2.45, 2.75) is 6.42 Å². The van der Waals surface area contributed by atoms with Crippen molar-refractivity contribution >= 4 is 22.3 Å². The quantitative estimate of drug-likeness (QED) is 0.801. The fourth-order valence-corrected chi connectivity index (χ4v) is 2.86. The number of aliphatic carboxylic acids is 1. The zero-order chi connectivity index (χ0) is 14.1. The second-order valence-electron chi connectivity index (χ2n) is 4.26. The summed E-state index contributed by atoms with van der Waals surface area (Å²) in [6.07, 6.45) is 1.79. The Bertz CT molecular complexity index is 758. The largest absolute Gasteiger partial charge is 0.497 e. The molecule has 0 aliphatic heterocycles. The number of aromatic nitrogens is 2. The van der Waals surface area contributed by atoms with E-state index in [0.717, 1.165) is 16.3 Å². The molecule has 0 aliphatic carbocycles. The number of hydrogen-bond acceptors (Lipinski definition) is 4. The lowest BCUT2D eigenvalue weighted by atomic mass is 10.1. The highest BCUT2D eigenvalue weighted by atomic mass is 32.1. The Hall–Kier alpha value is -2.34. The lowest BCUT2D eigenvalue weighted by molar-refractivity contribution is -0.136. The van der Waals surface area contributed by atoms with Gasteiger partial charge in [-0.3, -0.25) is 9.20 Å². The predicted molar refractivity (Wildman–Crippen MR) is 76.4 cm³/mol. The smallest absolute Gasteiger partial charge is 0.309 e. The van der Waals surface area contributed by atoms with Gasteiger partial charge in [0.2, 0.25) is 0 Å². The van der Waals surface area contributed by atoms with Gasteiger partial charge in [0.05, 0.1) is 24.9 Å². The van der Waals surface area contributed by atoms with E-state index in [9.17, 15) is 4.79 Å². The fourth-order valence-electron chi connectivity index (χ4n) is 2.12. The summed E-state index contributed by atoms with van der Waals surface area (Å²) in [6, 6.07) is 7.45. The van der Waals surface area contributed by atoms with Crippen molar-refractivity contribution in [2.75, 3.05) is 7.11 Å². The molecule has 3 aromatic rings. The minimum Gasteiger partial charge on any atom is -0.497 e. The summed E-state index contributed by atoms with van der Waals surface area (Å²) in [6.45, 7) is 0. The summed E-state index contributed by atoms with van der Waals surface area (Å²) in [5, 5.41) is 11.0. The summed E-state index contributed by atoms with van der Waals surface area (Å²) in [5.41, 5.74) is 2.29. The molecule has 0 saturated carbocycles. The van der Waals surface area contributed by atoms with Gasteiger partial charge in [0.15, 0.2) is 4.96 Å². The molecule has 5 nitrogen and oxygen atoms in total. The van der Waals surface area contributed by atoms with E-state index in [4.69, 9.17) is 9.84 Å². The van der Waals surface area contributed by atoms with Crippen LogP contribution in [0.1, 0.15) is 5.69 Å². The molecule has 2 aromatic heterocycles. The molecule has 1 N–H and O–H groups in total. The van der Waals surface area contributed by atoms with Crippen LogP contribution in [0.3, 0.4) is 0 Å². The summed E-state index contributed by atoms with van der Waals surface area (Å²) in [7, 11) is 1.61. The highest BCUT2D eigenvalue weighted by Crippen LogP contribution is 2.28. The number of hydrogen-bond donors (Lipinski definition) is 1. The molecular weight excluding hydrogens is 276 g/mol. The van der Waals surface area contributed by atoms with Crippen molar-refractivity contribution in [2.24, 2.45) is 0 Å². The minimum atomic E-state index is -0.868. The van der Waals surface area contributed by atoms with Crippen molar-refractivity contribution < 1.29 is 14.6 Å². The fraction of sp³-hybridized carbons (Fsp3) is 0.143. The molecule has 1 aromatic carbocycles. The summed E-state index contributed by atoms with van der Waals surface area (Å²) in [4.78, 5) is 16.4. The molecule has 3 rings (SSSR count). The number of benzene rings is 1. The Morgan fingerprint density at radius 2 is 2.15 bits per heavy atom. The van der Waals surface area contributed by atoms with Gasteiger partial charge >= 0.3 is 5.97 Å². The van der Waals surface area contributed by atoms with Crippen molar-refractivity contribution in [3.63, 3.8) is 0 Å². The lowest BCUT2D eigenvalue weighted by Gasteiger charge is -2.03. The first-order chi connectivity index (χ1) is 9.69. The number of carbonyl (C=O) groups is 1. The van der Waals surface area contributed by atoms with Crippen LogP contribution in [0.15, 0.2) is 35.8 Å². The van der Waals surface area contributed by atoms with Crippen LogP contribution in [0.5, 0.6) is 5.75 Å². The molecule has 0 spiro atoms. The topological polar surface area (TPSA) is 63.8 Å². The number of imidazole rings is 1. The Morgan fingerprint density at radius 3 is 2.80 bits per heavy atom. The molecule has 20 heavy (non-hydrogen) atoms. The van der Waals surface area contributed by atoms with E-state index in [2.05, 4.69) is 4.98 Å². The number of thiazole rings is 1. The number of carboxylic acid groups (broad SMARTS) is 1. The zero-order valence-corrected chi connectivity index (χ0v) is 11.6. The van der Waals surface area contributed by atoms with Gasteiger partial charge in [-0.1, -0.05) is 0 Å². The molecule has 0 unspecified atom stereocenters. The Labute approximate surface area is 119 Å². The maximum Gasteiger partial charge on any atom is 0.309 e. The molecule has 0 radical (unpaired) electrons.